The molecule has 1 atom stereocenters. The fraction of sp³-hybridized carbons (Fsp3) is 0.778. The van der Waals surface area contributed by atoms with Crippen LogP contribution in [-0.4, -0.2) is 38.6 Å². The zero-order chi connectivity index (χ0) is 11.3. The van der Waals surface area contributed by atoms with Crippen molar-refractivity contribution in [1.82, 2.24) is 14.1 Å². The SMILES string of the molecule is CC(C)(C)NCC(O)COc1cnsn1. The summed E-state index contributed by atoms with van der Waals surface area (Å²) in [5.41, 5.74) is 0.00314. The highest BCUT2D eigenvalue weighted by Crippen LogP contribution is 2.05. The van der Waals surface area contributed by atoms with Crippen LogP contribution in [0.4, 0.5) is 0 Å². The maximum Gasteiger partial charge on any atom is 0.245 e. The predicted octanol–water partition coefficient (Wildman–Crippen LogP) is 0.666. The minimum Gasteiger partial charge on any atom is -0.473 e. The van der Waals surface area contributed by atoms with Crippen LogP contribution in [0.1, 0.15) is 20.8 Å². The van der Waals surface area contributed by atoms with E-state index in [2.05, 4.69) is 14.1 Å². The van der Waals surface area contributed by atoms with Crippen LogP contribution in [0.2, 0.25) is 0 Å². The first-order valence-electron chi connectivity index (χ1n) is 4.81. The van der Waals surface area contributed by atoms with Gasteiger partial charge < -0.3 is 15.2 Å². The van der Waals surface area contributed by atoms with Gasteiger partial charge in [0.05, 0.1) is 11.7 Å². The normalized spacial score (nSPS) is 13.9. The monoisotopic (exact) mass is 231 g/mol. The topological polar surface area (TPSA) is 67.3 Å². The van der Waals surface area contributed by atoms with Crippen molar-refractivity contribution >= 4 is 11.7 Å². The molecule has 1 aromatic rings. The number of ether oxygens (including phenoxy) is 1. The van der Waals surface area contributed by atoms with Crippen LogP contribution in [0.3, 0.4) is 0 Å². The van der Waals surface area contributed by atoms with Gasteiger partial charge in [0.15, 0.2) is 0 Å². The number of rotatable bonds is 5. The molecule has 1 heterocycles. The van der Waals surface area contributed by atoms with Gasteiger partial charge in [0.1, 0.15) is 18.9 Å². The third-order valence-corrected chi connectivity index (χ3v) is 2.09. The molecule has 0 radical (unpaired) electrons. The molecular weight excluding hydrogens is 214 g/mol. The summed E-state index contributed by atoms with van der Waals surface area (Å²) in [4.78, 5) is 0. The maximum absolute atomic E-state index is 9.58. The Hall–Kier alpha value is -0.720. The average Bonchev–Trinajstić information content (AvgIpc) is 2.62. The first-order valence-corrected chi connectivity index (χ1v) is 5.54. The summed E-state index contributed by atoms with van der Waals surface area (Å²) in [6.07, 6.45) is 1.00. The number of hydrogen-bond acceptors (Lipinski definition) is 6. The summed E-state index contributed by atoms with van der Waals surface area (Å²) in [7, 11) is 0. The summed E-state index contributed by atoms with van der Waals surface area (Å²) in [6, 6.07) is 0. The highest BCUT2D eigenvalue weighted by atomic mass is 32.1. The van der Waals surface area contributed by atoms with E-state index in [1.54, 1.807) is 0 Å². The molecular formula is C9H17N3O2S. The molecule has 0 aliphatic heterocycles. The number of aliphatic hydroxyl groups is 1. The number of nitrogens with one attached hydrogen (secondary N) is 1. The van der Waals surface area contributed by atoms with Crippen LogP contribution in [0.25, 0.3) is 0 Å². The second-order valence-electron chi connectivity index (χ2n) is 4.34. The van der Waals surface area contributed by atoms with Crippen molar-refractivity contribution in [3.63, 3.8) is 0 Å². The number of nitrogens with zero attached hydrogens (tertiary/aromatic N) is 2. The van der Waals surface area contributed by atoms with Crippen LogP contribution in [0.15, 0.2) is 6.20 Å². The van der Waals surface area contributed by atoms with E-state index in [9.17, 15) is 5.11 Å². The molecule has 0 saturated heterocycles. The molecule has 15 heavy (non-hydrogen) atoms. The second kappa shape index (κ2) is 5.39. The highest BCUT2D eigenvalue weighted by Gasteiger charge is 2.12. The van der Waals surface area contributed by atoms with E-state index in [1.807, 2.05) is 20.8 Å². The molecule has 0 fully saturated rings. The summed E-state index contributed by atoms with van der Waals surface area (Å²) in [5.74, 6) is 0.467. The van der Waals surface area contributed by atoms with Gasteiger partial charge in [0.25, 0.3) is 0 Å². The lowest BCUT2D eigenvalue weighted by Crippen LogP contribution is -2.42. The molecule has 5 nitrogen and oxygen atoms in total. The summed E-state index contributed by atoms with van der Waals surface area (Å²) < 4.78 is 12.9. The van der Waals surface area contributed by atoms with Crippen molar-refractivity contribution in [3.05, 3.63) is 6.20 Å². The maximum atomic E-state index is 9.58. The van der Waals surface area contributed by atoms with Crippen molar-refractivity contribution in [2.75, 3.05) is 13.2 Å². The molecule has 0 aromatic carbocycles. The molecule has 1 rings (SSSR count). The molecule has 0 aliphatic rings. The Kier molecular flexibility index (Phi) is 4.44. The van der Waals surface area contributed by atoms with E-state index in [0.29, 0.717) is 12.4 Å². The van der Waals surface area contributed by atoms with Gasteiger partial charge in [-0.15, -0.1) is 4.37 Å². The van der Waals surface area contributed by atoms with Gasteiger partial charge in [-0.1, -0.05) is 0 Å². The van der Waals surface area contributed by atoms with Gasteiger partial charge in [-0.2, -0.15) is 4.37 Å². The van der Waals surface area contributed by atoms with Crippen molar-refractivity contribution < 1.29 is 9.84 Å². The molecule has 2 N–H and O–H groups in total. The van der Waals surface area contributed by atoms with Crippen LogP contribution in [-0.2, 0) is 0 Å². The van der Waals surface area contributed by atoms with Crippen molar-refractivity contribution in [2.24, 2.45) is 0 Å². The molecule has 1 aromatic heterocycles. The molecule has 86 valence electrons. The smallest absolute Gasteiger partial charge is 0.245 e. The summed E-state index contributed by atoms with van der Waals surface area (Å²) >= 11 is 1.09. The number of aromatic nitrogens is 2. The van der Waals surface area contributed by atoms with Gasteiger partial charge >= 0.3 is 0 Å². The number of hydrogen-bond donors (Lipinski definition) is 2. The molecule has 0 spiro atoms. The second-order valence-corrected chi connectivity index (χ2v) is 4.90. The Morgan fingerprint density at radius 2 is 2.33 bits per heavy atom. The Morgan fingerprint density at radius 1 is 1.60 bits per heavy atom. The Balaban J connectivity index is 2.16. The van der Waals surface area contributed by atoms with Gasteiger partial charge in [0, 0.05) is 12.1 Å². The summed E-state index contributed by atoms with van der Waals surface area (Å²) in [5, 5.41) is 12.8. The van der Waals surface area contributed by atoms with Crippen molar-refractivity contribution in [1.29, 1.82) is 0 Å². The average molecular weight is 231 g/mol. The van der Waals surface area contributed by atoms with Gasteiger partial charge in [-0.3, -0.25) is 0 Å². The van der Waals surface area contributed by atoms with E-state index in [4.69, 9.17) is 4.74 Å². The lowest BCUT2D eigenvalue weighted by molar-refractivity contribution is 0.0982. The van der Waals surface area contributed by atoms with E-state index in [-0.39, 0.29) is 12.1 Å². The lowest BCUT2D eigenvalue weighted by Gasteiger charge is -2.22. The molecule has 0 bridgehead atoms. The molecule has 6 heteroatoms. The van der Waals surface area contributed by atoms with E-state index in [0.717, 1.165) is 11.7 Å². The number of β-amino-alcohol motifs (C(OH)–C–C–N with tert-alkyl or cyclic N) is 1. The lowest BCUT2D eigenvalue weighted by atomic mass is 10.1. The van der Waals surface area contributed by atoms with Gasteiger partial charge in [0.2, 0.25) is 5.88 Å². The van der Waals surface area contributed by atoms with E-state index < -0.39 is 6.10 Å². The Bertz CT molecular complexity index is 271. The van der Waals surface area contributed by atoms with Crippen molar-refractivity contribution in [3.8, 4) is 5.88 Å². The fourth-order valence-electron chi connectivity index (χ4n) is 0.884. The minimum absolute atomic E-state index is 0.00314. The molecule has 0 saturated carbocycles. The largest absolute Gasteiger partial charge is 0.473 e. The highest BCUT2D eigenvalue weighted by molar-refractivity contribution is 6.99. The van der Waals surface area contributed by atoms with Crippen LogP contribution in [0, 0.1) is 0 Å². The molecule has 0 aliphatic carbocycles. The van der Waals surface area contributed by atoms with Crippen LogP contribution in [0.5, 0.6) is 5.88 Å². The first-order chi connectivity index (χ1) is 6.97. The van der Waals surface area contributed by atoms with E-state index in [1.165, 1.54) is 6.20 Å². The fourth-order valence-corrected chi connectivity index (χ4v) is 1.25. The quantitative estimate of drug-likeness (QED) is 0.779. The zero-order valence-electron chi connectivity index (χ0n) is 9.23. The van der Waals surface area contributed by atoms with Crippen LogP contribution < -0.4 is 10.1 Å². The Labute approximate surface area is 93.8 Å². The third kappa shape index (κ3) is 5.66. The third-order valence-electron chi connectivity index (χ3n) is 1.63. The molecule has 0 amide bonds. The zero-order valence-corrected chi connectivity index (χ0v) is 10.0. The standard InChI is InChI=1S/C9H17N3O2S/c1-9(2,3)10-4-7(13)6-14-8-5-11-15-12-8/h5,7,10,13H,4,6H2,1-3H3. The summed E-state index contributed by atoms with van der Waals surface area (Å²) in [6.45, 7) is 6.87. The van der Waals surface area contributed by atoms with Crippen molar-refractivity contribution in [2.45, 2.75) is 32.4 Å². The number of aliphatic hydroxyl groups excluding tert-OH is 1. The van der Waals surface area contributed by atoms with Gasteiger partial charge in [-0.25, -0.2) is 0 Å². The van der Waals surface area contributed by atoms with Gasteiger partial charge in [-0.05, 0) is 20.8 Å². The Morgan fingerprint density at radius 3 is 2.87 bits per heavy atom. The van der Waals surface area contributed by atoms with E-state index >= 15 is 0 Å². The van der Waals surface area contributed by atoms with Crippen LogP contribution >= 0.6 is 11.7 Å². The molecule has 1 unspecified atom stereocenters. The minimum atomic E-state index is -0.536. The first kappa shape index (κ1) is 12.4. The predicted molar refractivity (Wildman–Crippen MR) is 59.2 cm³/mol.